The van der Waals surface area contributed by atoms with E-state index >= 15 is 0 Å². The number of carbonyl (C=O) groups is 1. The predicted octanol–water partition coefficient (Wildman–Crippen LogP) is 2.11. The summed E-state index contributed by atoms with van der Waals surface area (Å²) in [6.45, 7) is 2.67. The van der Waals surface area contributed by atoms with Crippen LogP contribution in [0.5, 0.6) is 0 Å². The molecule has 1 amide bonds. The Labute approximate surface area is 171 Å². The number of oxazole rings is 1. The molecule has 0 atom stereocenters. The minimum atomic E-state index is -0.329. The van der Waals surface area contributed by atoms with Crippen molar-refractivity contribution in [3.63, 3.8) is 0 Å². The quantitative estimate of drug-likeness (QED) is 0.550. The van der Waals surface area contributed by atoms with Gasteiger partial charge in [-0.05, 0) is 18.2 Å². The molecule has 10 heteroatoms. The van der Waals surface area contributed by atoms with E-state index in [4.69, 9.17) is 9.15 Å². The molecule has 1 N–H and O–H groups in total. The summed E-state index contributed by atoms with van der Waals surface area (Å²) in [6, 6.07) is 7.55. The van der Waals surface area contributed by atoms with Gasteiger partial charge in [0.15, 0.2) is 5.58 Å². The zero-order valence-electron chi connectivity index (χ0n) is 16.3. The van der Waals surface area contributed by atoms with E-state index in [1.165, 1.54) is 6.20 Å². The molecular weight excluding hydrogens is 386 g/mol. The molecule has 0 spiro atoms. The molecule has 0 bridgehead atoms. The Morgan fingerprint density at radius 1 is 1.17 bits per heavy atom. The van der Waals surface area contributed by atoms with Crippen LogP contribution in [0.2, 0.25) is 0 Å². The monoisotopic (exact) mass is 405 g/mol. The number of hydrogen-bond acceptors (Lipinski definition) is 8. The van der Waals surface area contributed by atoms with Crippen LogP contribution in [0.1, 0.15) is 10.4 Å². The predicted molar refractivity (Wildman–Crippen MR) is 109 cm³/mol. The average Bonchev–Trinajstić information content (AvgIpc) is 3.40. The summed E-state index contributed by atoms with van der Waals surface area (Å²) in [5, 5.41) is 6.95. The second-order valence-corrected chi connectivity index (χ2v) is 6.91. The third kappa shape index (κ3) is 3.60. The minimum Gasteiger partial charge on any atom is -0.422 e. The Balaban J connectivity index is 1.36. The topological polar surface area (TPSA) is 111 Å². The van der Waals surface area contributed by atoms with Gasteiger partial charge in [0.1, 0.15) is 5.82 Å². The summed E-state index contributed by atoms with van der Waals surface area (Å²) in [6.07, 6.45) is 5.07. The molecule has 152 valence electrons. The molecule has 1 aliphatic rings. The summed E-state index contributed by atoms with van der Waals surface area (Å²) in [7, 11) is 1.84. The molecule has 0 saturated carbocycles. The number of anilines is 2. The summed E-state index contributed by atoms with van der Waals surface area (Å²) in [5.41, 5.74) is 2.88. The highest BCUT2D eigenvalue weighted by Crippen LogP contribution is 2.23. The van der Waals surface area contributed by atoms with Gasteiger partial charge in [-0.1, -0.05) is 6.07 Å². The van der Waals surface area contributed by atoms with E-state index in [9.17, 15) is 4.79 Å². The molecule has 1 aliphatic heterocycles. The molecule has 10 nitrogen and oxygen atoms in total. The number of carbonyl (C=O) groups excluding carboxylic acids is 1. The van der Waals surface area contributed by atoms with Gasteiger partial charge < -0.3 is 19.4 Å². The molecule has 4 aromatic rings. The molecule has 0 aliphatic carbocycles. The van der Waals surface area contributed by atoms with Gasteiger partial charge in [0.25, 0.3) is 11.9 Å². The van der Waals surface area contributed by atoms with Crippen LogP contribution in [0, 0.1) is 0 Å². The number of hydrogen-bond donors (Lipinski definition) is 1. The van der Waals surface area contributed by atoms with Crippen LogP contribution < -0.4 is 10.2 Å². The zero-order chi connectivity index (χ0) is 20.5. The average molecular weight is 405 g/mol. The van der Waals surface area contributed by atoms with E-state index in [0.717, 1.165) is 11.3 Å². The highest BCUT2D eigenvalue weighted by Gasteiger charge is 2.19. The number of nitrogens with one attached hydrogen (secondary N) is 1. The Kier molecular flexibility index (Phi) is 4.60. The molecular formula is C20H19N7O3. The van der Waals surface area contributed by atoms with Crippen LogP contribution in [-0.4, -0.2) is 56.9 Å². The first kappa shape index (κ1) is 18.3. The van der Waals surface area contributed by atoms with Crippen LogP contribution in [0.25, 0.3) is 22.5 Å². The lowest BCUT2D eigenvalue weighted by Crippen LogP contribution is -2.36. The molecule has 5 rings (SSSR count). The summed E-state index contributed by atoms with van der Waals surface area (Å²) >= 11 is 0. The maximum atomic E-state index is 12.7. The fourth-order valence-electron chi connectivity index (χ4n) is 3.23. The third-order valence-corrected chi connectivity index (χ3v) is 4.77. The number of ether oxygens (including phenoxy) is 1. The van der Waals surface area contributed by atoms with E-state index in [-0.39, 0.29) is 5.91 Å². The standard InChI is InChI=1S/C20H19N7O3/c1-26-12-14(11-22-26)15-3-2-4-17(23-15)24-19(28)13-9-16-18(21-10-13)25-20(30-16)27-5-7-29-8-6-27/h2-4,9-12H,5-8H2,1H3,(H,23,24,28). The van der Waals surface area contributed by atoms with E-state index in [1.807, 2.05) is 30.3 Å². The molecule has 1 saturated heterocycles. The number of amides is 1. The second kappa shape index (κ2) is 7.56. The van der Waals surface area contributed by atoms with E-state index < -0.39 is 0 Å². The number of aromatic nitrogens is 5. The highest BCUT2D eigenvalue weighted by molar-refractivity contribution is 6.04. The number of fused-ring (bicyclic) bond motifs is 1. The Morgan fingerprint density at radius 2 is 2.03 bits per heavy atom. The van der Waals surface area contributed by atoms with Gasteiger partial charge in [-0.3, -0.25) is 9.48 Å². The minimum absolute atomic E-state index is 0.329. The van der Waals surface area contributed by atoms with Gasteiger partial charge in [-0.15, -0.1) is 0 Å². The Hall–Kier alpha value is -3.79. The Bertz CT molecular complexity index is 1210. The maximum absolute atomic E-state index is 12.7. The van der Waals surface area contributed by atoms with Crippen molar-refractivity contribution in [3.8, 4) is 11.3 Å². The van der Waals surface area contributed by atoms with Gasteiger partial charge in [0.2, 0.25) is 5.65 Å². The van der Waals surface area contributed by atoms with Gasteiger partial charge in [0.05, 0.1) is 30.7 Å². The second-order valence-electron chi connectivity index (χ2n) is 6.91. The van der Waals surface area contributed by atoms with Crippen LogP contribution in [0.4, 0.5) is 11.8 Å². The van der Waals surface area contributed by atoms with Gasteiger partial charge in [-0.25, -0.2) is 9.97 Å². The van der Waals surface area contributed by atoms with Gasteiger partial charge in [0, 0.05) is 38.1 Å². The molecule has 0 unspecified atom stereocenters. The number of aryl methyl sites for hydroxylation is 1. The molecule has 1 fully saturated rings. The lowest BCUT2D eigenvalue weighted by atomic mass is 10.2. The molecule has 0 radical (unpaired) electrons. The fraction of sp³-hybridized carbons (Fsp3) is 0.250. The molecule has 4 aromatic heterocycles. The first-order chi connectivity index (χ1) is 14.7. The van der Waals surface area contributed by atoms with Crippen molar-refractivity contribution in [3.05, 3.63) is 48.4 Å². The van der Waals surface area contributed by atoms with Crippen molar-refractivity contribution in [2.75, 3.05) is 36.5 Å². The highest BCUT2D eigenvalue weighted by atomic mass is 16.5. The number of pyridine rings is 2. The number of nitrogens with zero attached hydrogens (tertiary/aromatic N) is 6. The summed E-state index contributed by atoms with van der Waals surface area (Å²) < 4.78 is 12.9. The fourth-order valence-corrected chi connectivity index (χ4v) is 3.23. The smallest absolute Gasteiger partial charge is 0.300 e. The third-order valence-electron chi connectivity index (χ3n) is 4.77. The summed E-state index contributed by atoms with van der Waals surface area (Å²) in [4.78, 5) is 27.9. The van der Waals surface area contributed by atoms with Crippen LogP contribution in [0.15, 0.2) is 47.3 Å². The molecule has 0 aromatic carbocycles. The largest absolute Gasteiger partial charge is 0.422 e. The van der Waals surface area contributed by atoms with Crippen molar-refractivity contribution in [2.24, 2.45) is 7.05 Å². The SMILES string of the molecule is Cn1cc(-c2cccc(NC(=O)c3cnc4nc(N5CCOCC5)oc4c3)n2)cn1. The molecule has 30 heavy (non-hydrogen) atoms. The number of rotatable bonds is 4. The first-order valence-corrected chi connectivity index (χ1v) is 9.52. The lowest BCUT2D eigenvalue weighted by Gasteiger charge is -2.24. The van der Waals surface area contributed by atoms with Crippen molar-refractivity contribution in [1.82, 2.24) is 24.7 Å². The van der Waals surface area contributed by atoms with Crippen molar-refractivity contribution >= 4 is 29.0 Å². The van der Waals surface area contributed by atoms with Crippen LogP contribution >= 0.6 is 0 Å². The van der Waals surface area contributed by atoms with E-state index in [1.54, 1.807) is 23.0 Å². The lowest BCUT2D eigenvalue weighted by molar-refractivity contribution is 0.102. The van der Waals surface area contributed by atoms with Crippen LogP contribution in [-0.2, 0) is 11.8 Å². The zero-order valence-corrected chi connectivity index (χ0v) is 16.3. The van der Waals surface area contributed by atoms with Crippen LogP contribution in [0.3, 0.4) is 0 Å². The Morgan fingerprint density at radius 3 is 2.83 bits per heavy atom. The number of morpholine rings is 1. The van der Waals surface area contributed by atoms with Crippen molar-refractivity contribution in [1.29, 1.82) is 0 Å². The van der Waals surface area contributed by atoms with E-state index in [0.29, 0.717) is 54.9 Å². The molecule has 5 heterocycles. The summed E-state index contributed by atoms with van der Waals surface area (Å²) in [5.74, 6) is 0.109. The maximum Gasteiger partial charge on any atom is 0.300 e. The van der Waals surface area contributed by atoms with Gasteiger partial charge in [-0.2, -0.15) is 10.1 Å². The van der Waals surface area contributed by atoms with Gasteiger partial charge >= 0.3 is 0 Å². The van der Waals surface area contributed by atoms with Crippen molar-refractivity contribution in [2.45, 2.75) is 0 Å². The first-order valence-electron chi connectivity index (χ1n) is 9.52. The van der Waals surface area contributed by atoms with E-state index in [2.05, 4.69) is 25.4 Å². The van der Waals surface area contributed by atoms with Crippen molar-refractivity contribution < 1.29 is 13.9 Å². The normalized spacial score (nSPS) is 14.2.